The van der Waals surface area contributed by atoms with Gasteiger partial charge in [0.25, 0.3) is 0 Å². The van der Waals surface area contributed by atoms with Crippen molar-refractivity contribution in [3.05, 3.63) is 53.2 Å². The lowest BCUT2D eigenvalue weighted by Gasteiger charge is -2.26. The van der Waals surface area contributed by atoms with Crippen LogP contribution in [0.3, 0.4) is 0 Å². The largest absolute Gasteiger partial charge is 0.361 e. The third-order valence-electron chi connectivity index (χ3n) is 3.52. The van der Waals surface area contributed by atoms with Gasteiger partial charge in [-0.3, -0.25) is 0 Å². The summed E-state index contributed by atoms with van der Waals surface area (Å²) in [5.41, 5.74) is 3.23. The normalized spacial score (nSPS) is 17.3. The van der Waals surface area contributed by atoms with Crippen molar-refractivity contribution >= 4 is 5.82 Å². The van der Waals surface area contributed by atoms with Crippen molar-refractivity contribution in [2.24, 2.45) is 0 Å². The number of benzene rings is 1. The standard InChI is InChI=1S/C15H14N4/c16-10-12-8-9-17-19-15(12)18-14-7-3-5-11-4-1-2-6-13(11)14/h1-2,4,6,8-9,14H,3,5,7H2,(H,18,19). The van der Waals surface area contributed by atoms with Gasteiger partial charge in [0.15, 0.2) is 5.82 Å². The molecule has 1 aliphatic rings. The predicted octanol–water partition coefficient (Wildman–Crippen LogP) is 2.84. The molecule has 1 atom stereocenters. The monoisotopic (exact) mass is 250 g/mol. The number of aryl methyl sites for hydroxylation is 1. The third-order valence-corrected chi connectivity index (χ3v) is 3.52. The summed E-state index contributed by atoms with van der Waals surface area (Å²) in [4.78, 5) is 0. The fourth-order valence-corrected chi connectivity index (χ4v) is 2.60. The molecule has 3 rings (SSSR count). The molecule has 1 N–H and O–H groups in total. The van der Waals surface area contributed by atoms with Crippen LogP contribution < -0.4 is 5.32 Å². The average molecular weight is 250 g/mol. The Labute approximate surface area is 112 Å². The second kappa shape index (κ2) is 5.07. The van der Waals surface area contributed by atoms with Crippen molar-refractivity contribution in [3.8, 4) is 6.07 Å². The molecule has 1 aliphatic carbocycles. The molecule has 1 unspecified atom stereocenters. The van der Waals surface area contributed by atoms with Crippen LogP contribution in [0.2, 0.25) is 0 Å². The summed E-state index contributed by atoms with van der Waals surface area (Å²) in [6, 6.07) is 12.5. The number of aromatic nitrogens is 2. The molecule has 0 spiro atoms. The van der Waals surface area contributed by atoms with Gasteiger partial charge < -0.3 is 5.32 Å². The highest BCUT2D eigenvalue weighted by molar-refractivity contribution is 5.52. The maximum atomic E-state index is 9.09. The van der Waals surface area contributed by atoms with Crippen molar-refractivity contribution < 1.29 is 0 Å². The fraction of sp³-hybridized carbons (Fsp3) is 0.267. The molecule has 1 aromatic carbocycles. The van der Waals surface area contributed by atoms with E-state index >= 15 is 0 Å². The van der Waals surface area contributed by atoms with Gasteiger partial charge in [-0.25, -0.2) is 0 Å². The lowest BCUT2D eigenvalue weighted by Crippen LogP contribution is -2.18. The zero-order valence-electron chi connectivity index (χ0n) is 10.5. The van der Waals surface area contributed by atoms with Crippen molar-refractivity contribution in [2.75, 3.05) is 5.32 Å². The quantitative estimate of drug-likeness (QED) is 0.890. The van der Waals surface area contributed by atoms with Gasteiger partial charge in [-0.2, -0.15) is 10.4 Å². The lowest BCUT2D eigenvalue weighted by molar-refractivity contribution is 0.597. The highest BCUT2D eigenvalue weighted by atomic mass is 15.2. The first-order valence-electron chi connectivity index (χ1n) is 6.44. The number of anilines is 1. The van der Waals surface area contributed by atoms with E-state index in [4.69, 9.17) is 5.26 Å². The van der Waals surface area contributed by atoms with Crippen LogP contribution in [-0.4, -0.2) is 10.2 Å². The van der Waals surface area contributed by atoms with Crippen molar-refractivity contribution in [3.63, 3.8) is 0 Å². The molecule has 19 heavy (non-hydrogen) atoms. The maximum absolute atomic E-state index is 9.09. The first-order valence-corrected chi connectivity index (χ1v) is 6.44. The average Bonchev–Trinajstić information content (AvgIpc) is 2.48. The zero-order chi connectivity index (χ0) is 13.1. The Hall–Kier alpha value is -2.41. The van der Waals surface area contributed by atoms with Gasteiger partial charge in [-0.1, -0.05) is 24.3 Å². The van der Waals surface area contributed by atoms with Crippen LogP contribution in [0.4, 0.5) is 5.82 Å². The summed E-state index contributed by atoms with van der Waals surface area (Å²) in [5, 5.41) is 20.3. The van der Waals surface area contributed by atoms with E-state index in [1.807, 2.05) is 0 Å². The maximum Gasteiger partial charge on any atom is 0.167 e. The molecule has 0 radical (unpaired) electrons. The summed E-state index contributed by atoms with van der Waals surface area (Å²) in [6.07, 6.45) is 4.87. The first-order chi connectivity index (χ1) is 9.38. The van der Waals surface area contributed by atoms with Crippen LogP contribution in [0.25, 0.3) is 0 Å². The van der Waals surface area contributed by atoms with E-state index < -0.39 is 0 Å². The number of hydrogen-bond donors (Lipinski definition) is 1. The Bertz CT molecular complexity index is 630. The van der Waals surface area contributed by atoms with Gasteiger partial charge in [0, 0.05) is 0 Å². The summed E-state index contributed by atoms with van der Waals surface area (Å²) in [6.45, 7) is 0. The minimum atomic E-state index is 0.216. The minimum Gasteiger partial charge on any atom is -0.361 e. The Morgan fingerprint density at radius 2 is 2.16 bits per heavy atom. The summed E-state index contributed by atoms with van der Waals surface area (Å²) in [7, 11) is 0. The van der Waals surface area contributed by atoms with Gasteiger partial charge in [-0.15, -0.1) is 5.10 Å². The van der Waals surface area contributed by atoms with Crippen LogP contribution in [0.1, 0.15) is 35.6 Å². The highest BCUT2D eigenvalue weighted by Crippen LogP contribution is 2.32. The third kappa shape index (κ3) is 2.27. The molecular weight excluding hydrogens is 236 g/mol. The molecule has 4 heteroatoms. The summed E-state index contributed by atoms with van der Waals surface area (Å²) < 4.78 is 0. The fourth-order valence-electron chi connectivity index (χ4n) is 2.60. The molecule has 0 fully saturated rings. The molecule has 2 aromatic rings. The van der Waals surface area contributed by atoms with Crippen molar-refractivity contribution in [1.29, 1.82) is 5.26 Å². The number of hydrogen-bond acceptors (Lipinski definition) is 4. The van der Waals surface area contributed by atoms with Gasteiger partial charge in [0.05, 0.1) is 17.8 Å². The molecular formula is C15H14N4. The van der Waals surface area contributed by atoms with Gasteiger partial charge >= 0.3 is 0 Å². The first kappa shape index (κ1) is 11.7. The van der Waals surface area contributed by atoms with Crippen molar-refractivity contribution in [1.82, 2.24) is 10.2 Å². The number of nitrogens with one attached hydrogen (secondary N) is 1. The molecule has 0 amide bonds. The van der Waals surface area contributed by atoms with Crippen LogP contribution in [0.15, 0.2) is 36.5 Å². The number of nitrogens with zero attached hydrogens (tertiary/aromatic N) is 3. The second-order valence-corrected chi connectivity index (χ2v) is 4.69. The Kier molecular flexibility index (Phi) is 3.11. The number of rotatable bonds is 2. The van der Waals surface area contributed by atoms with E-state index in [1.54, 1.807) is 12.3 Å². The number of fused-ring (bicyclic) bond motifs is 1. The van der Waals surface area contributed by atoms with Crippen LogP contribution in [-0.2, 0) is 6.42 Å². The van der Waals surface area contributed by atoms with E-state index in [9.17, 15) is 0 Å². The lowest BCUT2D eigenvalue weighted by atomic mass is 9.88. The minimum absolute atomic E-state index is 0.216. The van der Waals surface area contributed by atoms with Gasteiger partial charge in [0.2, 0.25) is 0 Å². The highest BCUT2D eigenvalue weighted by Gasteiger charge is 2.20. The van der Waals surface area contributed by atoms with Gasteiger partial charge in [-0.05, 0) is 36.5 Å². The van der Waals surface area contributed by atoms with E-state index in [-0.39, 0.29) is 6.04 Å². The molecule has 0 bridgehead atoms. The summed E-state index contributed by atoms with van der Waals surface area (Å²) in [5.74, 6) is 0.576. The molecule has 1 aromatic heterocycles. The van der Waals surface area contributed by atoms with E-state index in [0.29, 0.717) is 11.4 Å². The second-order valence-electron chi connectivity index (χ2n) is 4.69. The van der Waals surface area contributed by atoms with Gasteiger partial charge in [0.1, 0.15) is 6.07 Å². The Balaban J connectivity index is 1.91. The molecule has 1 heterocycles. The Morgan fingerprint density at radius 3 is 3.05 bits per heavy atom. The zero-order valence-corrected chi connectivity index (χ0v) is 10.5. The molecule has 0 saturated carbocycles. The van der Waals surface area contributed by atoms with Crippen LogP contribution in [0.5, 0.6) is 0 Å². The number of nitriles is 1. The molecule has 0 aliphatic heterocycles. The SMILES string of the molecule is N#Cc1ccnnc1NC1CCCc2ccccc21. The Morgan fingerprint density at radius 1 is 1.26 bits per heavy atom. The van der Waals surface area contributed by atoms with E-state index in [1.165, 1.54) is 11.1 Å². The molecule has 4 nitrogen and oxygen atoms in total. The van der Waals surface area contributed by atoms with E-state index in [0.717, 1.165) is 19.3 Å². The smallest absolute Gasteiger partial charge is 0.167 e. The van der Waals surface area contributed by atoms with Crippen LogP contribution in [0, 0.1) is 11.3 Å². The topological polar surface area (TPSA) is 61.6 Å². The predicted molar refractivity (Wildman–Crippen MR) is 72.5 cm³/mol. The summed E-state index contributed by atoms with van der Waals surface area (Å²) >= 11 is 0. The van der Waals surface area contributed by atoms with E-state index in [2.05, 4.69) is 45.8 Å². The van der Waals surface area contributed by atoms with Crippen molar-refractivity contribution in [2.45, 2.75) is 25.3 Å². The van der Waals surface area contributed by atoms with Crippen LogP contribution >= 0.6 is 0 Å². The molecule has 0 saturated heterocycles. The molecule has 94 valence electrons.